The molecule has 1 aromatic rings. The Kier molecular flexibility index (Phi) is 6.67. The predicted octanol–water partition coefficient (Wildman–Crippen LogP) is 2.30. The van der Waals surface area contributed by atoms with E-state index in [-0.39, 0.29) is 0 Å². The van der Waals surface area contributed by atoms with Gasteiger partial charge in [-0.05, 0) is 44.0 Å². The van der Waals surface area contributed by atoms with Crippen molar-refractivity contribution in [3.63, 3.8) is 0 Å². The van der Waals surface area contributed by atoms with Crippen molar-refractivity contribution in [2.45, 2.75) is 39.3 Å². The van der Waals surface area contributed by atoms with Gasteiger partial charge in [-0.1, -0.05) is 19.1 Å². The second-order valence-electron chi connectivity index (χ2n) is 4.36. The molecule has 96 valence electrons. The zero-order valence-corrected chi connectivity index (χ0v) is 10.9. The second kappa shape index (κ2) is 8.09. The molecule has 0 saturated carbocycles. The molecule has 0 radical (unpaired) electrons. The number of hydrogen-bond donors (Lipinski definition) is 2. The van der Waals surface area contributed by atoms with Crippen LogP contribution in [0.4, 0.5) is 0 Å². The first-order valence-electron chi connectivity index (χ1n) is 6.41. The van der Waals surface area contributed by atoms with Crippen molar-refractivity contribution in [3.05, 3.63) is 29.8 Å². The van der Waals surface area contributed by atoms with Gasteiger partial charge in [0.2, 0.25) is 0 Å². The van der Waals surface area contributed by atoms with Crippen LogP contribution in [0.5, 0.6) is 5.75 Å². The van der Waals surface area contributed by atoms with Crippen LogP contribution in [-0.2, 0) is 6.54 Å². The Balaban J connectivity index is 2.42. The average molecular weight is 236 g/mol. The van der Waals surface area contributed by atoms with Crippen molar-refractivity contribution >= 4 is 0 Å². The molecule has 0 heterocycles. The first-order valence-corrected chi connectivity index (χ1v) is 6.41. The maximum Gasteiger partial charge on any atom is 0.119 e. The summed E-state index contributed by atoms with van der Waals surface area (Å²) < 4.78 is 5.60. The molecule has 1 rings (SSSR count). The maximum absolute atomic E-state index is 5.60. The number of ether oxygens (including phenoxy) is 1. The SMILES string of the molecule is CCCOc1cccc(CNC(C)CCN)c1. The van der Waals surface area contributed by atoms with E-state index in [2.05, 4.69) is 31.3 Å². The van der Waals surface area contributed by atoms with Crippen molar-refractivity contribution in [1.82, 2.24) is 5.32 Å². The summed E-state index contributed by atoms with van der Waals surface area (Å²) in [5.41, 5.74) is 6.77. The third kappa shape index (κ3) is 5.71. The van der Waals surface area contributed by atoms with E-state index in [4.69, 9.17) is 10.5 Å². The molecule has 0 bridgehead atoms. The molecule has 0 aromatic heterocycles. The molecule has 3 nitrogen and oxygen atoms in total. The van der Waals surface area contributed by atoms with Crippen LogP contribution in [0.15, 0.2) is 24.3 Å². The number of nitrogens with one attached hydrogen (secondary N) is 1. The Hall–Kier alpha value is -1.06. The van der Waals surface area contributed by atoms with Gasteiger partial charge in [0, 0.05) is 12.6 Å². The molecular weight excluding hydrogens is 212 g/mol. The fourth-order valence-corrected chi connectivity index (χ4v) is 1.61. The number of benzene rings is 1. The van der Waals surface area contributed by atoms with Gasteiger partial charge in [0.05, 0.1) is 6.61 Å². The van der Waals surface area contributed by atoms with Crippen LogP contribution >= 0.6 is 0 Å². The Morgan fingerprint density at radius 3 is 2.94 bits per heavy atom. The molecule has 1 atom stereocenters. The molecule has 0 amide bonds. The van der Waals surface area contributed by atoms with Gasteiger partial charge in [0.15, 0.2) is 0 Å². The highest BCUT2D eigenvalue weighted by Crippen LogP contribution is 2.13. The summed E-state index contributed by atoms with van der Waals surface area (Å²) in [5, 5.41) is 3.45. The summed E-state index contributed by atoms with van der Waals surface area (Å²) in [6.07, 6.45) is 2.04. The van der Waals surface area contributed by atoms with Gasteiger partial charge in [-0.25, -0.2) is 0 Å². The molecule has 0 aliphatic heterocycles. The third-order valence-electron chi connectivity index (χ3n) is 2.63. The van der Waals surface area contributed by atoms with Crippen molar-refractivity contribution in [3.8, 4) is 5.75 Å². The lowest BCUT2D eigenvalue weighted by Gasteiger charge is -2.13. The predicted molar refractivity (Wildman–Crippen MR) is 72.2 cm³/mol. The highest BCUT2D eigenvalue weighted by atomic mass is 16.5. The van der Waals surface area contributed by atoms with E-state index in [0.717, 1.165) is 38.3 Å². The van der Waals surface area contributed by atoms with Gasteiger partial charge < -0.3 is 15.8 Å². The normalized spacial score (nSPS) is 12.4. The van der Waals surface area contributed by atoms with Crippen LogP contribution < -0.4 is 15.8 Å². The van der Waals surface area contributed by atoms with Gasteiger partial charge in [0.25, 0.3) is 0 Å². The number of nitrogens with two attached hydrogens (primary N) is 1. The standard InChI is InChI=1S/C14H24N2O/c1-3-9-17-14-6-4-5-13(10-14)11-16-12(2)7-8-15/h4-6,10,12,16H,3,7-9,11,15H2,1-2H3. The van der Waals surface area contributed by atoms with Crippen LogP contribution in [0.3, 0.4) is 0 Å². The van der Waals surface area contributed by atoms with Gasteiger partial charge in [0.1, 0.15) is 5.75 Å². The summed E-state index contributed by atoms with van der Waals surface area (Å²) in [5.74, 6) is 0.956. The van der Waals surface area contributed by atoms with E-state index in [1.165, 1.54) is 5.56 Å². The molecule has 0 aliphatic rings. The van der Waals surface area contributed by atoms with E-state index in [0.29, 0.717) is 6.04 Å². The summed E-state index contributed by atoms with van der Waals surface area (Å²) >= 11 is 0. The highest BCUT2D eigenvalue weighted by Gasteiger charge is 2.01. The van der Waals surface area contributed by atoms with Gasteiger partial charge >= 0.3 is 0 Å². The van der Waals surface area contributed by atoms with E-state index in [9.17, 15) is 0 Å². The summed E-state index contributed by atoms with van der Waals surface area (Å²) in [6.45, 7) is 6.64. The minimum absolute atomic E-state index is 0.459. The van der Waals surface area contributed by atoms with E-state index < -0.39 is 0 Å². The topological polar surface area (TPSA) is 47.3 Å². The van der Waals surface area contributed by atoms with E-state index >= 15 is 0 Å². The summed E-state index contributed by atoms with van der Waals surface area (Å²) in [6, 6.07) is 8.71. The van der Waals surface area contributed by atoms with Crippen LogP contribution in [0.2, 0.25) is 0 Å². The second-order valence-corrected chi connectivity index (χ2v) is 4.36. The molecule has 0 spiro atoms. The summed E-state index contributed by atoms with van der Waals surface area (Å²) in [4.78, 5) is 0. The van der Waals surface area contributed by atoms with E-state index in [1.807, 2.05) is 12.1 Å². The van der Waals surface area contributed by atoms with Gasteiger partial charge in [-0.15, -0.1) is 0 Å². The van der Waals surface area contributed by atoms with E-state index in [1.54, 1.807) is 0 Å². The average Bonchev–Trinajstić information content (AvgIpc) is 2.35. The zero-order chi connectivity index (χ0) is 12.5. The van der Waals surface area contributed by atoms with Gasteiger partial charge in [-0.3, -0.25) is 0 Å². The molecular formula is C14H24N2O. The van der Waals surface area contributed by atoms with Crippen LogP contribution in [-0.4, -0.2) is 19.2 Å². The highest BCUT2D eigenvalue weighted by molar-refractivity contribution is 5.28. The lowest BCUT2D eigenvalue weighted by molar-refractivity contribution is 0.317. The minimum Gasteiger partial charge on any atom is -0.494 e. The largest absolute Gasteiger partial charge is 0.494 e. The smallest absolute Gasteiger partial charge is 0.119 e. The Morgan fingerprint density at radius 1 is 1.41 bits per heavy atom. The Morgan fingerprint density at radius 2 is 2.24 bits per heavy atom. The number of rotatable bonds is 8. The fraction of sp³-hybridized carbons (Fsp3) is 0.571. The molecule has 17 heavy (non-hydrogen) atoms. The lowest BCUT2D eigenvalue weighted by atomic mass is 10.2. The Bertz CT molecular complexity index is 315. The summed E-state index contributed by atoms with van der Waals surface area (Å²) in [7, 11) is 0. The van der Waals surface area contributed by atoms with Gasteiger partial charge in [-0.2, -0.15) is 0 Å². The molecule has 1 aromatic carbocycles. The quantitative estimate of drug-likeness (QED) is 0.728. The Labute approximate surface area is 104 Å². The van der Waals surface area contributed by atoms with Crippen molar-refractivity contribution in [1.29, 1.82) is 0 Å². The van der Waals surface area contributed by atoms with Crippen LogP contribution in [0, 0.1) is 0 Å². The van der Waals surface area contributed by atoms with Crippen molar-refractivity contribution in [2.24, 2.45) is 5.73 Å². The fourth-order valence-electron chi connectivity index (χ4n) is 1.61. The molecule has 1 unspecified atom stereocenters. The van der Waals surface area contributed by atoms with Crippen molar-refractivity contribution < 1.29 is 4.74 Å². The lowest BCUT2D eigenvalue weighted by Crippen LogP contribution is -2.27. The van der Waals surface area contributed by atoms with Crippen molar-refractivity contribution in [2.75, 3.05) is 13.2 Å². The maximum atomic E-state index is 5.60. The van der Waals surface area contributed by atoms with Crippen LogP contribution in [0.1, 0.15) is 32.3 Å². The zero-order valence-electron chi connectivity index (χ0n) is 10.9. The molecule has 0 fully saturated rings. The number of hydrogen-bond acceptors (Lipinski definition) is 3. The first kappa shape index (κ1) is 14.0. The molecule has 3 N–H and O–H groups in total. The monoisotopic (exact) mass is 236 g/mol. The van der Waals surface area contributed by atoms with Crippen LogP contribution in [0.25, 0.3) is 0 Å². The molecule has 0 saturated heterocycles. The first-order chi connectivity index (χ1) is 8.26. The molecule has 0 aliphatic carbocycles. The minimum atomic E-state index is 0.459. The third-order valence-corrected chi connectivity index (χ3v) is 2.63. The molecule has 3 heteroatoms.